The van der Waals surface area contributed by atoms with Crippen molar-refractivity contribution in [3.63, 3.8) is 0 Å². The number of hydrazone groups is 1. The van der Waals surface area contributed by atoms with Crippen molar-refractivity contribution in [1.29, 1.82) is 0 Å². The van der Waals surface area contributed by atoms with Crippen LogP contribution in [0.15, 0.2) is 50.4 Å². The second-order valence-electron chi connectivity index (χ2n) is 4.43. The molecule has 0 spiro atoms. The first kappa shape index (κ1) is 17.5. The number of hydrogen-bond donors (Lipinski definition) is 1. The molecule has 23 heavy (non-hydrogen) atoms. The Kier molecular flexibility index (Phi) is 6.18. The van der Waals surface area contributed by atoms with Crippen LogP contribution in [0.3, 0.4) is 0 Å². The van der Waals surface area contributed by atoms with Crippen molar-refractivity contribution in [1.82, 2.24) is 5.43 Å². The number of nitrogens with zero attached hydrogens (tertiary/aromatic N) is 1. The van der Waals surface area contributed by atoms with Gasteiger partial charge in [-0.3, -0.25) is 4.79 Å². The zero-order valence-corrected chi connectivity index (χ0v) is 15.6. The molecule has 2 aromatic rings. The van der Waals surface area contributed by atoms with E-state index < -0.39 is 0 Å². The Balaban J connectivity index is 2.12. The Morgan fingerprint density at radius 3 is 2.35 bits per heavy atom. The van der Waals surface area contributed by atoms with Gasteiger partial charge in [0.1, 0.15) is 11.5 Å². The lowest BCUT2D eigenvalue weighted by Gasteiger charge is -2.09. The molecule has 1 N–H and O–H groups in total. The topological polar surface area (TPSA) is 59.9 Å². The van der Waals surface area contributed by atoms with Gasteiger partial charge in [-0.15, -0.1) is 0 Å². The van der Waals surface area contributed by atoms with E-state index >= 15 is 0 Å². The molecular weight excluding hydrogens is 428 g/mol. The molecule has 0 saturated heterocycles. The third-order valence-corrected chi connectivity index (χ3v) is 4.13. The highest BCUT2D eigenvalue weighted by Gasteiger charge is 2.08. The quantitative estimate of drug-likeness (QED) is 0.563. The molecule has 0 aromatic heterocycles. The minimum Gasteiger partial charge on any atom is -0.496 e. The van der Waals surface area contributed by atoms with E-state index in [2.05, 4.69) is 42.4 Å². The minimum atomic E-state index is -0.291. The van der Waals surface area contributed by atoms with Crippen LogP contribution in [0, 0.1) is 0 Å². The zero-order valence-electron chi connectivity index (χ0n) is 12.5. The van der Waals surface area contributed by atoms with Gasteiger partial charge in [-0.25, -0.2) is 5.43 Å². The monoisotopic (exact) mass is 440 g/mol. The lowest BCUT2D eigenvalue weighted by atomic mass is 10.2. The third-order valence-electron chi connectivity index (χ3n) is 2.98. The van der Waals surface area contributed by atoms with E-state index in [1.165, 1.54) is 6.21 Å². The first-order valence-corrected chi connectivity index (χ1v) is 8.14. The average molecular weight is 442 g/mol. The maximum atomic E-state index is 12.0. The van der Waals surface area contributed by atoms with Crippen LogP contribution in [0.4, 0.5) is 0 Å². The summed E-state index contributed by atoms with van der Waals surface area (Å²) in [5.41, 5.74) is 3.71. The molecule has 0 atom stereocenters. The average Bonchev–Trinajstić information content (AvgIpc) is 2.55. The molecule has 0 aliphatic rings. The predicted octanol–water partition coefficient (Wildman–Crippen LogP) is 3.99. The van der Waals surface area contributed by atoms with E-state index in [-0.39, 0.29) is 5.91 Å². The maximum Gasteiger partial charge on any atom is 0.271 e. The van der Waals surface area contributed by atoms with Gasteiger partial charge in [-0.1, -0.05) is 15.9 Å². The molecule has 0 fully saturated rings. The standard InChI is InChI=1S/C16H14Br2N2O3/c1-22-14-8-15(23-2)13(18)7-11(14)9-19-20-16(21)10-3-5-12(17)6-4-10/h3-9H,1-2H3,(H,20,21). The number of carbonyl (C=O) groups is 1. The fourth-order valence-electron chi connectivity index (χ4n) is 1.81. The van der Waals surface area contributed by atoms with Gasteiger partial charge in [0.25, 0.3) is 5.91 Å². The molecule has 2 aromatic carbocycles. The van der Waals surface area contributed by atoms with E-state index in [0.29, 0.717) is 22.6 Å². The number of ether oxygens (including phenoxy) is 2. The van der Waals surface area contributed by atoms with Crippen molar-refractivity contribution in [3.8, 4) is 11.5 Å². The number of benzene rings is 2. The molecule has 0 bridgehead atoms. The fraction of sp³-hybridized carbons (Fsp3) is 0.125. The zero-order chi connectivity index (χ0) is 16.8. The summed E-state index contributed by atoms with van der Waals surface area (Å²) in [6.07, 6.45) is 1.51. The SMILES string of the molecule is COc1cc(OC)c(C=NNC(=O)c2ccc(Br)cc2)cc1Br. The van der Waals surface area contributed by atoms with E-state index in [1.807, 2.05) is 0 Å². The van der Waals surface area contributed by atoms with Crippen molar-refractivity contribution in [2.24, 2.45) is 5.10 Å². The van der Waals surface area contributed by atoms with E-state index in [4.69, 9.17) is 9.47 Å². The third kappa shape index (κ3) is 4.56. The summed E-state index contributed by atoms with van der Waals surface area (Å²) in [7, 11) is 3.13. The van der Waals surface area contributed by atoms with Crippen molar-refractivity contribution in [2.75, 3.05) is 14.2 Å². The highest BCUT2D eigenvalue weighted by Crippen LogP contribution is 2.31. The van der Waals surface area contributed by atoms with Gasteiger partial charge in [0.15, 0.2) is 0 Å². The van der Waals surface area contributed by atoms with Crippen molar-refractivity contribution in [3.05, 3.63) is 56.5 Å². The number of amides is 1. The van der Waals surface area contributed by atoms with Gasteiger partial charge in [-0.05, 0) is 46.3 Å². The van der Waals surface area contributed by atoms with Crippen LogP contribution in [0.1, 0.15) is 15.9 Å². The molecule has 0 radical (unpaired) electrons. The number of nitrogens with one attached hydrogen (secondary N) is 1. The molecule has 2 rings (SSSR count). The Morgan fingerprint density at radius 1 is 1.09 bits per heavy atom. The summed E-state index contributed by atoms with van der Waals surface area (Å²) < 4.78 is 12.2. The molecule has 0 heterocycles. The van der Waals surface area contributed by atoms with Crippen LogP contribution < -0.4 is 14.9 Å². The largest absolute Gasteiger partial charge is 0.496 e. The number of carbonyl (C=O) groups excluding carboxylic acids is 1. The Morgan fingerprint density at radius 2 is 1.74 bits per heavy atom. The normalized spacial score (nSPS) is 10.6. The van der Waals surface area contributed by atoms with Crippen molar-refractivity contribution >= 4 is 44.0 Å². The molecule has 0 aliphatic carbocycles. The highest BCUT2D eigenvalue weighted by molar-refractivity contribution is 9.10. The highest BCUT2D eigenvalue weighted by atomic mass is 79.9. The first-order chi connectivity index (χ1) is 11.0. The smallest absolute Gasteiger partial charge is 0.271 e. The Bertz CT molecular complexity index is 731. The predicted molar refractivity (Wildman–Crippen MR) is 96.4 cm³/mol. The summed E-state index contributed by atoms with van der Waals surface area (Å²) >= 11 is 6.72. The van der Waals surface area contributed by atoms with Gasteiger partial charge in [0.05, 0.1) is 24.9 Å². The molecule has 0 saturated carbocycles. The molecule has 5 nitrogen and oxygen atoms in total. The maximum absolute atomic E-state index is 12.0. The Labute approximate surface area is 150 Å². The van der Waals surface area contributed by atoms with E-state index in [1.54, 1.807) is 50.6 Å². The number of hydrogen-bond acceptors (Lipinski definition) is 4. The number of rotatable bonds is 5. The van der Waals surface area contributed by atoms with E-state index in [0.717, 1.165) is 8.95 Å². The molecule has 1 amide bonds. The lowest BCUT2D eigenvalue weighted by molar-refractivity contribution is 0.0955. The minimum absolute atomic E-state index is 0.291. The summed E-state index contributed by atoms with van der Waals surface area (Å²) in [4.78, 5) is 12.0. The van der Waals surface area contributed by atoms with Gasteiger partial charge in [-0.2, -0.15) is 5.10 Å². The molecule has 0 aliphatic heterocycles. The number of halogens is 2. The molecule has 0 unspecified atom stereocenters. The van der Waals surface area contributed by atoms with Crippen molar-refractivity contribution < 1.29 is 14.3 Å². The summed E-state index contributed by atoms with van der Waals surface area (Å²) in [5.74, 6) is 0.949. The van der Waals surface area contributed by atoms with Gasteiger partial charge >= 0.3 is 0 Å². The molecule has 120 valence electrons. The summed E-state index contributed by atoms with van der Waals surface area (Å²) in [6, 6.07) is 10.5. The number of methoxy groups -OCH3 is 2. The van der Waals surface area contributed by atoms with Crippen LogP contribution in [-0.2, 0) is 0 Å². The van der Waals surface area contributed by atoms with Gasteiger partial charge in [0.2, 0.25) is 0 Å². The first-order valence-electron chi connectivity index (χ1n) is 6.55. The van der Waals surface area contributed by atoms with Crippen LogP contribution >= 0.6 is 31.9 Å². The van der Waals surface area contributed by atoms with Crippen LogP contribution in [0.5, 0.6) is 11.5 Å². The second kappa shape index (κ2) is 8.12. The summed E-state index contributed by atoms with van der Waals surface area (Å²) in [6.45, 7) is 0. The lowest BCUT2D eigenvalue weighted by Crippen LogP contribution is -2.17. The summed E-state index contributed by atoms with van der Waals surface area (Å²) in [5, 5.41) is 3.97. The van der Waals surface area contributed by atoms with Crippen LogP contribution in [0.25, 0.3) is 0 Å². The van der Waals surface area contributed by atoms with Crippen molar-refractivity contribution in [2.45, 2.75) is 0 Å². The van der Waals surface area contributed by atoms with Crippen LogP contribution in [-0.4, -0.2) is 26.3 Å². The second-order valence-corrected chi connectivity index (χ2v) is 6.20. The fourth-order valence-corrected chi connectivity index (χ4v) is 2.60. The Hall–Kier alpha value is -1.86. The van der Waals surface area contributed by atoms with E-state index in [9.17, 15) is 4.79 Å². The van der Waals surface area contributed by atoms with Crippen LogP contribution in [0.2, 0.25) is 0 Å². The van der Waals surface area contributed by atoms with Gasteiger partial charge in [0, 0.05) is 21.7 Å². The molecule has 7 heteroatoms. The van der Waals surface area contributed by atoms with Gasteiger partial charge < -0.3 is 9.47 Å². The molecular formula is C16H14Br2N2O3.